The van der Waals surface area contributed by atoms with E-state index in [9.17, 15) is 4.79 Å². The summed E-state index contributed by atoms with van der Waals surface area (Å²) in [5.74, 6) is 0. The molecule has 0 aliphatic carbocycles. The molecule has 0 saturated heterocycles. The second kappa shape index (κ2) is 6.40. The van der Waals surface area contributed by atoms with E-state index in [4.69, 9.17) is 10.5 Å². The van der Waals surface area contributed by atoms with Crippen LogP contribution in [0.5, 0.6) is 0 Å². The number of ether oxygens (including phenoxy) is 1. The van der Waals surface area contributed by atoms with Gasteiger partial charge in [-0.25, -0.2) is 4.79 Å². The van der Waals surface area contributed by atoms with Crippen molar-refractivity contribution in [3.63, 3.8) is 0 Å². The van der Waals surface area contributed by atoms with Gasteiger partial charge < -0.3 is 15.8 Å². The molecule has 1 rings (SSSR count). The first-order valence-corrected chi connectivity index (χ1v) is 6.13. The zero-order valence-corrected chi connectivity index (χ0v) is 11.3. The van der Waals surface area contributed by atoms with Gasteiger partial charge in [-0.3, -0.25) is 0 Å². The van der Waals surface area contributed by atoms with Gasteiger partial charge in [-0.15, -0.1) is 0 Å². The Morgan fingerprint density at radius 3 is 2.39 bits per heavy atom. The smallest absolute Gasteiger partial charge is 0.407 e. The van der Waals surface area contributed by atoms with Crippen molar-refractivity contribution in [2.24, 2.45) is 5.73 Å². The van der Waals surface area contributed by atoms with Crippen LogP contribution in [0.4, 0.5) is 4.79 Å². The van der Waals surface area contributed by atoms with Crippen LogP contribution in [-0.2, 0) is 16.8 Å². The molecular formula is C14H22N2O2. The first kappa shape index (κ1) is 14.5. The van der Waals surface area contributed by atoms with Crippen molar-refractivity contribution in [3.05, 3.63) is 35.4 Å². The molecule has 4 nitrogen and oxygen atoms in total. The molecule has 0 fully saturated rings. The molecule has 3 N–H and O–H groups in total. The minimum absolute atomic E-state index is 0.137. The van der Waals surface area contributed by atoms with Crippen LogP contribution in [0.3, 0.4) is 0 Å². The fraction of sp³-hybridized carbons (Fsp3) is 0.500. The summed E-state index contributed by atoms with van der Waals surface area (Å²) in [6.45, 7) is 7.62. The minimum Gasteiger partial charge on any atom is -0.445 e. The lowest BCUT2D eigenvalue weighted by Crippen LogP contribution is -2.29. The quantitative estimate of drug-likeness (QED) is 0.860. The fourth-order valence-electron chi connectivity index (χ4n) is 1.48. The molecule has 0 heterocycles. The molecule has 0 aliphatic rings. The maximum absolute atomic E-state index is 11.2. The van der Waals surface area contributed by atoms with Crippen molar-refractivity contribution < 1.29 is 9.53 Å². The van der Waals surface area contributed by atoms with Crippen LogP contribution in [0.1, 0.15) is 31.9 Å². The molecule has 0 saturated carbocycles. The molecule has 0 aromatic heterocycles. The topological polar surface area (TPSA) is 64.3 Å². The maximum atomic E-state index is 11.2. The van der Waals surface area contributed by atoms with Crippen molar-refractivity contribution in [2.45, 2.75) is 32.8 Å². The maximum Gasteiger partial charge on any atom is 0.407 e. The largest absolute Gasteiger partial charge is 0.445 e. The predicted molar refractivity (Wildman–Crippen MR) is 72.4 cm³/mol. The van der Waals surface area contributed by atoms with Crippen LogP contribution in [0.2, 0.25) is 0 Å². The monoisotopic (exact) mass is 250 g/mol. The van der Waals surface area contributed by atoms with Gasteiger partial charge in [-0.2, -0.15) is 0 Å². The Balaban J connectivity index is 2.47. The number of amides is 1. The molecule has 0 spiro atoms. The molecule has 0 bridgehead atoms. The average Bonchev–Trinajstić information content (AvgIpc) is 2.33. The van der Waals surface area contributed by atoms with E-state index < -0.39 is 6.09 Å². The van der Waals surface area contributed by atoms with Crippen LogP contribution in [0, 0.1) is 0 Å². The molecule has 1 aromatic carbocycles. The van der Waals surface area contributed by atoms with Crippen LogP contribution in [-0.4, -0.2) is 19.2 Å². The predicted octanol–water partition coefficient (Wildman–Crippen LogP) is 2.17. The highest BCUT2D eigenvalue weighted by Crippen LogP contribution is 2.22. The first-order chi connectivity index (χ1) is 8.43. The summed E-state index contributed by atoms with van der Waals surface area (Å²) in [5, 5.41) is 2.55. The molecular weight excluding hydrogens is 228 g/mol. The molecule has 0 atom stereocenters. The second-order valence-electron chi connectivity index (χ2n) is 5.24. The van der Waals surface area contributed by atoms with Gasteiger partial charge >= 0.3 is 6.09 Å². The van der Waals surface area contributed by atoms with E-state index in [1.54, 1.807) is 0 Å². The molecule has 0 unspecified atom stereocenters. The molecule has 1 aromatic rings. The van der Waals surface area contributed by atoms with Crippen LogP contribution >= 0.6 is 0 Å². The number of alkyl carbamates (subject to hydrolysis) is 1. The van der Waals surface area contributed by atoms with Gasteiger partial charge in [-0.05, 0) is 16.5 Å². The van der Waals surface area contributed by atoms with Gasteiger partial charge in [0.2, 0.25) is 0 Å². The van der Waals surface area contributed by atoms with Crippen molar-refractivity contribution >= 4 is 6.09 Å². The van der Waals surface area contributed by atoms with E-state index in [1.807, 2.05) is 12.1 Å². The molecule has 100 valence electrons. The zero-order valence-electron chi connectivity index (χ0n) is 11.3. The highest BCUT2D eigenvalue weighted by Gasteiger charge is 2.12. The van der Waals surface area contributed by atoms with Gasteiger partial charge in [0.1, 0.15) is 6.61 Å². The third kappa shape index (κ3) is 4.75. The van der Waals surface area contributed by atoms with Crippen LogP contribution in [0.25, 0.3) is 0 Å². The van der Waals surface area contributed by atoms with E-state index in [1.165, 1.54) is 5.56 Å². The summed E-state index contributed by atoms with van der Waals surface area (Å²) in [5.41, 5.74) is 7.65. The highest BCUT2D eigenvalue weighted by molar-refractivity contribution is 5.67. The van der Waals surface area contributed by atoms with Crippen molar-refractivity contribution in [1.29, 1.82) is 0 Å². The summed E-state index contributed by atoms with van der Waals surface area (Å²) in [6, 6.07) is 8.10. The van der Waals surface area contributed by atoms with Crippen molar-refractivity contribution in [1.82, 2.24) is 5.32 Å². The number of hydrogen-bond donors (Lipinski definition) is 2. The summed E-state index contributed by atoms with van der Waals surface area (Å²) >= 11 is 0. The molecule has 0 radical (unpaired) electrons. The second-order valence-corrected chi connectivity index (χ2v) is 5.24. The Bertz CT molecular complexity index is 380. The van der Waals surface area contributed by atoms with Gasteiger partial charge in [0, 0.05) is 13.1 Å². The van der Waals surface area contributed by atoms with E-state index in [0.717, 1.165) is 5.56 Å². The lowest BCUT2D eigenvalue weighted by Gasteiger charge is -2.19. The van der Waals surface area contributed by atoms with Gasteiger partial charge in [0.15, 0.2) is 0 Å². The Morgan fingerprint density at radius 1 is 1.28 bits per heavy atom. The number of carbonyl (C=O) groups excluding carboxylic acids is 1. The highest BCUT2D eigenvalue weighted by atomic mass is 16.5. The normalized spacial score (nSPS) is 11.1. The third-order valence-electron chi connectivity index (χ3n) is 2.60. The van der Waals surface area contributed by atoms with Gasteiger partial charge in [0.25, 0.3) is 0 Å². The van der Waals surface area contributed by atoms with E-state index in [-0.39, 0.29) is 12.0 Å². The van der Waals surface area contributed by atoms with Gasteiger partial charge in [0.05, 0.1) is 0 Å². The SMILES string of the molecule is CC(C)(C)c1ccc(COC(=O)NCCN)cc1. The fourth-order valence-corrected chi connectivity index (χ4v) is 1.48. The molecule has 1 amide bonds. The zero-order chi connectivity index (χ0) is 13.6. The summed E-state index contributed by atoms with van der Waals surface area (Å²) < 4.78 is 5.05. The number of hydrogen-bond acceptors (Lipinski definition) is 3. The Labute approximate surface area is 109 Å². The average molecular weight is 250 g/mol. The van der Waals surface area contributed by atoms with Crippen molar-refractivity contribution in [2.75, 3.05) is 13.1 Å². The number of carbonyl (C=O) groups is 1. The van der Waals surface area contributed by atoms with Gasteiger partial charge in [-0.1, -0.05) is 45.0 Å². The van der Waals surface area contributed by atoms with Crippen LogP contribution < -0.4 is 11.1 Å². The number of benzene rings is 1. The Kier molecular flexibility index (Phi) is 5.16. The third-order valence-corrected chi connectivity index (χ3v) is 2.60. The Hall–Kier alpha value is -1.55. The Morgan fingerprint density at radius 2 is 1.89 bits per heavy atom. The lowest BCUT2D eigenvalue weighted by molar-refractivity contribution is 0.140. The standard InChI is InChI=1S/C14H22N2O2/c1-14(2,3)12-6-4-11(5-7-12)10-18-13(17)16-9-8-15/h4-7H,8-10,15H2,1-3H3,(H,16,17). The van der Waals surface area contributed by atoms with E-state index in [2.05, 4.69) is 38.2 Å². The number of nitrogens with one attached hydrogen (secondary N) is 1. The summed E-state index contributed by atoms with van der Waals surface area (Å²) in [6.07, 6.45) is -0.430. The minimum atomic E-state index is -0.430. The molecule has 4 heteroatoms. The van der Waals surface area contributed by atoms with Crippen molar-refractivity contribution in [3.8, 4) is 0 Å². The number of nitrogens with two attached hydrogens (primary N) is 1. The molecule has 18 heavy (non-hydrogen) atoms. The van der Waals surface area contributed by atoms with Crippen LogP contribution in [0.15, 0.2) is 24.3 Å². The summed E-state index contributed by atoms with van der Waals surface area (Å²) in [4.78, 5) is 11.2. The summed E-state index contributed by atoms with van der Waals surface area (Å²) in [7, 11) is 0. The van der Waals surface area contributed by atoms with E-state index in [0.29, 0.717) is 13.1 Å². The van der Waals surface area contributed by atoms with E-state index >= 15 is 0 Å². The lowest BCUT2D eigenvalue weighted by atomic mass is 9.87. The number of rotatable bonds is 4. The molecule has 0 aliphatic heterocycles. The first-order valence-electron chi connectivity index (χ1n) is 6.13.